The van der Waals surface area contributed by atoms with Gasteiger partial charge in [0.25, 0.3) is 5.69 Å². The summed E-state index contributed by atoms with van der Waals surface area (Å²) >= 11 is 0. The van der Waals surface area contributed by atoms with Gasteiger partial charge in [-0.05, 0) is 24.6 Å². The van der Waals surface area contributed by atoms with Crippen LogP contribution in [0.15, 0.2) is 54.9 Å². The molecule has 1 atom stereocenters. The van der Waals surface area contributed by atoms with E-state index in [1.165, 1.54) is 12.1 Å². The molecule has 0 aliphatic rings. The first-order valence-corrected chi connectivity index (χ1v) is 8.69. The minimum atomic E-state index is -0.428. The molecular weight excluding hydrogens is 360 g/mol. The number of aromatic nitrogens is 3. The number of non-ortho nitro benzene ring substituents is 1. The van der Waals surface area contributed by atoms with Crippen LogP contribution in [0.5, 0.6) is 0 Å². The number of nitrogens with zero attached hydrogens (tertiary/aromatic N) is 4. The monoisotopic (exact) mass is 380 g/mol. The highest BCUT2D eigenvalue weighted by Gasteiger charge is 2.10. The number of anilines is 2. The molecule has 0 radical (unpaired) electrons. The SMILES string of the molecule is C[C@H](CO)Nc1nc(NCc2ccc([N+](=O)[O-])cc2)cc(-c2cccnc2)n1. The maximum absolute atomic E-state index is 10.8. The van der Waals surface area contributed by atoms with Crippen LogP contribution in [0.25, 0.3) is 11.3 Å². The summed E-state index contributed by atoms with van der Waals surface area (Å²) in [5.41, 5.74) is 2.45. The molecule has 0 aliphatic carbocycles. The number of nitro groups is 1. The highest BCUT2D eigenvalue weighted by molar-refractivity contribution is 5.63. The van der Waals surface area contributed by atoms with E-state index in [4.69, 9.17) is 0 Å². The van der Waals surface area contributed by atoms with Crippen LogP contribution in [0.1, 0.15) is 12.5 Å². The molecule has 2 aromatic heterocycles. The van der Waals surface area contributed by atoms with Gasteiger partial charge < -0.3 is 15.7 Å². The molecule has 9 heteroatoms. The Balaban J connectivity index is 1.82. The largest absolute Gasteiger partial charge is 0.394 e. The third-order valence-electron chi connectivity index (χ3n) is 3.95. The van der Waals surface area contributed by atoms with Gasteiger partial charge in [0, 0.05) is 48.7 Å². The van der Waals surface area contributed by atoms with Crippen LogP contribution >= 0.6 is 0 Å². The highest BCUT2D eigenvalue weighted by Crippen LogP contribution is 2.21. The van der Waals surface area contributed by atoms with Crippen LogP contribution in [0, 0.1) is 10.1 Å². The van der Waals surface area contributed by atoms with E-state index in [-0.39, 0.29) is 18.3 Å². The first-order chi connectivity index (χ1) is 13.5. The Hall–Kier alpha value is -3.59. The fraction of sp³-hybridized carbons (Fsp3) is 0.211. The maximum atomic E-state index is 10.8. The van der Waals surface area contributed by atoms with Crippen LogP contribution in [0.3, 0.4) is 0 Å². The molecule has 0 amide bonds. The molecule has 0 saturated carbocycles. The molecule has 3 N–H and O–H groups in total. The summed E-state index contributed by atoms with van der Waals surface area (Å²) in [6.45, 7) is 2.21. The number of rotatable bonds is 8. The van der Waals surface area contributed by atoms with Crippen molar-refractivity contribution in [2.24, 2.45) is 0 Å². The lowest BCUT2D eigenvalue weighted by molar-refractivity contribution is -0.384. The molecule has 144 valence electrons. The van der Waals surface area contributed by atoms with Crippen molar-refractivity contribution in [1.82, 2.24) is 15.0 Å². The molecule has 0 spiro atoms. The smallest absolute Gasteiger partial charge is 0.269 e. The molecule has 0 saturated heterocycles. The van der Waals surface area contributed by atoms with Crippen LogP contribution in [0.4, 0.5) is 17.5 Å². The lowest BCUT2D eigenvalue weighted by Crippen LogP contribution is -2.21. The molecule has 28 heavy (non-hydrogen) atoms. The number of benzene rings is 1. The van der Waals surface area contributed by atoms with Gasteiger partial charge in [-0.25, -0.2) is 4.98 Å². The molecule has 3 aromatic rings. The number of hydrogen-bond acceptors (Lipinski definition) is 8. The average Bonchev–Trinajstić information content (AvgIpc) is 2.73. The van der Waals surface area contributed by atoms with E-state index < -0.39 is 4.92 Å². The molecule has 1 aromatic carbocycles. The van der Waals surface area contributed by atoms with E-state index in [2.05, 4.69) is 25.6 Å². The molecule has 0 unspecified atom stereocenters. The summed E-state index contributed by atoms with van der Waals surface area (Å²) in [5, 5.41) is 26.3. The van der Waals surface area contributed by atoms with Crippen molar-refractivity contribution in [3.05, 3.63) is 70.5 Å². The summed E-state index contributed by atoms with van der Waals surface area (Å²) in [6.07, 6.45) is 3.40. The normalized spacial score (nSPS) is 11.6. The third-order valence-corrected chi connectivity index (χ3v) is 3.95. The average molecular weight is 380 g/mol. The second-order valence-electron chi connectivity index (χ2n) is 6.21. The van der Waals surface area contributed by atoms with Gasteiger partial charge in [-0.15, -0.1) is 0 Å². The van der Waals surface area contributed by atoms with Crippen LogP contribution in [0.2, 0.25) is 0 Å². The summed E-state index contributed by atoms with van der Waals surface area (Å²) < 4.78 is 0. The van der Waals surface area contributed by atoms with Gasteiger partial charge in [-0.2, -0.15) is 4.98 Å². The Morgan fingerprint density at radius 1 is 1.21 bits per heavy atom. The van der Waals surface area contributed by atoms with E-state index in [0.717, 1.165) is 11.1 Å². The predicted octanol–water partition coefficient (Wildman–Crippen LogP) is 2.85. The number of nitro benzene ring substituents is 1. The lowest BCUT2D eigenvalue weighted by Gasteiger charge is -2.14. The Kier molecular flexibility index (Phi) is 6.07. The Morgan fingerprint density at radius 2 is 2.00 bits per heavy atom. The van der Waals surface area contributed by atoms with E-state index in [9.17, 15) is 15.2 Å². The first kappa shape index (κ1) is 19.2. The van der Waals surface area contributed by atoms with Crippen molar-refractivity contribution >= 4 is 17.5 Å². The van der Waals surface area contributed by atoms with Crippen molar-refractivity contribution in [1.29, 1.82) is 0 Å². The Labute approximate surface area is 161 Å². The standard InChI is InChI=1S/C19H20N6O3/c1-13(12-26)22-19-23-17(15-3-2-8-20-11-15)9-18(24-19)21-10-14-4-6-16(7-5-14)25(27)28/h2-9,11,13,26H,10,12H2,1H3,(H2,21,22,23,24)/t13-/m1/s1. The molecule has 0 bridgehead atoms. The van der Waals surface area contributed by atoms with Gasteiger partial charge >= 0.3 is 0 Å². The summed E-state index contributed by atoms with van der Waals surface area (Å²) in [6, 6.07) is 11.6. The number of aliphatic hydroxyl groups is 1. The second kappa shape index (κ2) is 8.87. The van der Waals surface area contributed by atoms with Crippen LogP contribution < -0.4 is 10.6 Å². The molecule has 2 heterocycles. The van der Waals surface area contributed by atoms with Crippen LogP contribution in [-0.4, -0.2) is 37.6 Å². The van der Waals surface area contributed by atoms with Crippen molar-refractivity contribution in [2.45, 2.75) is 19.5 Å². The first-order valence-electron chi connectivity index (χ1n) is 8.69. The number of pyridine rings is 1. The zero-order chi connectivity index (χ0) is 19.9. The summed E-state index contributed by atoms with van der Waals surface area (Å²) in [4.78, 5) is 23.4. The van der Waals surface area contributed by atoms with Crippen LogP contribution in [-0.2, 0) is 6.54 Å². The Bertz CT molecular complexity index is 934. The van der Waals surface area contributed by atoms with E-state index in [0.29, 0.717) is 24.0 Å². The second-order valence-corrected chi connectivity index (χ2v) is 6.21. The van der Waals surface area contributed by atoms with Crippen molar-refractivity contribution in [2.75, 3.05) is 17.2 Å². The maximum Gasteiger partial charge on any atom is 0.269 e. The molecule has 9 nitrogen and oxygen atoms in total. The zero-order valence-electron chi connectivity index (χ0n) is 15.2. The van der Waals surface area contributed by atoms with Gasteiger partial charge in [-0.3, -0.25) is 15.1 Å². The number of aliphatic hydroxyl groups excluding tert-OH is 1. The molecule has 0 fully saturated rings. The minimum Gasteiger partial charge on any atom is -0.394 e. The van der Waals surface area contributed by atoms with E-state index in [1.807, 2.05) is 19.1 Å². The Morgan fingerprint density at radius 3 is 2.64 bits per heavy atom. The number of hydrogen-bond donors (Lipinski definition) is 3. The topological polar surface area (TPSA) is 126 Å². The minimum absolute atomic E-state index is 0.0496. The molecular formula is C19H20N6O3. The van der Waals surface area contributed by atoms with Crippen molar-refractivity contribution in [3.8, 4) is 11.3 Å². The lowest BCUT2D eigenvalue weighted by atomic mass is 10.2. The molecule has 3 rings (SSSR count). The fourth-order valence-corrected chi connectivity index (χ4v) is 2.46. The van der Waals surface area contributed by atoms with Gasteiger partial charge in [-0.1, -0.05) is 12.1 Å². The van der Waals surface area contributed by atoms with Gasteiger partial charge in [0.1, 0.15) is 5.82 Å². The van der Waals surface area contributed by atoms with E-state index >= 15 is 0 Å². The zero-order valence-corrected chi connectivity index (χ0v) is 15.2. The number of nitrogens with one attached hydrogen (secondary N) is 2. The van der Waals surface area contributed by atoms with Crippen molar-refractivity contribution in [3.63, 3.8) is 0 Å². The third kappa shape index (κ3) is 4.98. The van der Waals surface area contributed by atoms with Gasteiger partial charge in [0.2, 0.25) is 5.95 Å². The predicted molar refractivity (Wildman–Crippen MR) is 106 cm³/mol. The summed E-state index contributed by atoms with van der Waals surface area (Å²) in [7, 11) is 0. The highest BCUT2D eigenvalue weighted by atomic mass is 16.6. The van der Waals surface area contributed by atoms with Crippen molar-refractivity contribution < 1.29 is 10.0 Å². The summed E-state index contributed by atoms with van der Waals surface area (Å²) in [5.74, 6) is 0.967. The fourth-order valence-electron chi connectivity index (χ4n) is 2.46. The van der Waals surface area contributed by atoms with Gasteiger partial charge in [0.15, 0.2) is 0 Å². The van der Waals surface area contributed by atoms with E-state index in [1.54, 1.807) is 30.6 Å². The quantitative estimate of drug-likeness (QED) is 0.402. The molecule has 0 aliphatic heterocycles. The van der Waals surface area contributed by atoms with Gasteiger partial charge in [0.05, 0.1) is 17.2 Å².